The van der Waals surface area contributed by atoms with E-state index in [2.05, 4.69) is 48.5 Å². The van der Waals surface area contributed by atoms with Crippen LogP contribution in [-0.2, 0) is 50.1 Å². The summed E-state index contributed by atoms with van der Waals surface area (Å²) in [6.07, 6.45) is 0.584. The van der Waals surface area contributed by atoms with Gasteiger partial charge in [-0.3, -0.25) is 0 Å². The normalized spacial score (nSPS) is 22.4. The second-order valence-corrected chi connectivity index (χ2v) is 11.0. The Balaban J connectivity index is 1.38. The van der Waals surface area contributed by atoms with E-state index in [1.54, 1.807) is 11.8 Å². The molecule has 5 nitrogen and oxygen atoms in total. The van der Waals surface area contributed by atoms with Crippen molar-refractivity contribution in [1.82, 2.24) is 0 Å². The quantitative estimate of drug-likeness (QED) is 0.162. The summed E-state index contributed by atoms with van der Waals surface area (Å²) in [6, 6.07) is 40.8. The first-order valence-electron chi connectivity index (χ1n) is 14.1. The van der Waals surface area contributed by atoms with Crippen LogP contribution in [-0.4, -0.2) is 42.7 Å². The SMILES string of the molecule is CS[C@H]1O[C@H](COCc2ccccc2)[C@@H](OCc2ccccc2)[C@H](OCc2ccccc2)[C@@H]1OCc1ccccc1. The first kappa shape index (κ1) is 29.5. The van der Waals surface area contributed by atoms with Gasteiger partial charge >= 0.3 is 0 Å². The third-order valence-corrected chi connectivity index (χ3v) is 7.92. The van der Waals surface area contributed by atoms with Crippen LogP contribution in [0.2, 0.25) is 0 Å². The van der Waals surface area contributed by atoms with Gasteiger partial charge in [0.25, 0.3) is 0 Å². The predicted octanol–water partition coefficient (Wildman–Crippen LogP) is 7.05. The predicted molar refractivity (Wildman–Crippen MR) is 163 cm³/mol. The summed E-state index contributed by atoms with van der Waals surface area (Å²) in [7, 11) is 0. The van der Waals surface area contributed by atoms with Crippen molar-refractivity contribution < 1.29 is 23.7 Å². The molecular formula is C35H38O5S. The molecule has 1 aliphatic rings. The highest BCUT2D eigenvalue weighted by atomic mass is 32.2. The maximum Gasteiger partial charge on any atom is 0.132 e. The monoisotopic (exact) mass is 570 g/mol. The summed E-state index contributed by atoms with van der Waals surface area (Å²) in [5.41, 5.74) is 4.16. The third kappa shape index (κ3) is 8.76. The van der Waals surface area contributed by atoms with Crippen LogP contribution < -0.4 is 0 Å². The van der Waals surface area contributed by atoms with Gasteiger partial charge in [-0.1, -0.05) is 121 Å². The Morgan fingerprint density at radius 3 is 1.34 bits per heavy atom. The van der Waals surface area contributed by atoms with E-state index in [1.807, 2.05) is 79.1 Å². The molecule has 0 saturated carbocycles. The Kier molecular flexibility index (Phi) is 11.4. The minimum absolute atomic E-state index is 0.249. The highest BCUT2D eigenvalue weighted by Crippen LogP contribution is 2.34. The fraction of sp³-hybridized carbons (Fsp3) is 0.314. The molecule has 4 aromatic rings. The number of hydrogen-bond acceptors (Lipinski definition) is 6. The molecule has 1 heterocycles. The second kappa shape index (κ2) is 15.9. The molecule has 5 rings (SSSR count). The van der Waals surface area contributed by atoms with Crippen LogP contribution in [0.5, 0.6) is 0 Å². The van der Waals surface area contributed by atoms with Crippen molar-refractivity contribution in [2.45, 2.75) is 56.3 Å². The molecule has 0 aliphatic carbocycles. The Morgan fingerprint density at radius 1 is 0.512 bits per heavy atom. The molecule has 0 bridgehead atoms. The van der Waals surface area contributed by atoms with Gasteiger partial charge in [-0.2, -0.15) is 0 Å². The van der Waals surface area contributed by atoms with E-state index in [1.165, 1.54) is 0 Å². The Hall–Kier alpha value is -2.97. The maximum atomic E-state index is 6.70. The molecule has 6 heteroatoms. The lowest BCUT2D eigenvalue weighted by molar-refractivity contribution is -0.254. The van der Waals surface area contributed by atoms with Gasteiger partial charge in [0, 0.05) is 0 Å². The van der Waals surface area contributed by atoms with Gasteiger partial charge in [0.15, 0.2) is 0 Å². The molecule has 1 aliphatic heterocycles. The van der Waals surface area contributed by atoms with E-state index in [9.17, 15) is 0 Å². The molecule has 1 saturated heterocycles. The summed E-state index contributed by atoms with van der Waals surface area (Å²) >= 11 is 1.63. The molecule has 0 amide bonds. The van der Waals surface area contributed by atoms with Crippen molar-refractivity contribution >= 4 is 11.8 Å². The third-order valence-electron chi connectivity index (χ3n) is 7.07. The van der Waals surface area contributed by atoms with E-state index in [0.717, 1.165) is 22.3 Å². The molecule has 0 N–H and O–H groups in total. The Morgan fingerprint density at radius 2 is 0.902 bits per heavy atom. The fourth-order valence-corrected chi connectivity index (χ4v) is 5.69. The number of rotatable bonds is 14. The number of thioether (sulfide) groups is 1. The lowest BCUT2D eigenvalue weighted by atomic mass is 9.98. The summed E-state index contributed by atoms with van der Waals surface area (Å²) in [5, 5.41) is 0. The number of benzene rings is 4. The summed E-state index contributed by atoms with van der Waals surface area (Å²) in [4.78, 5) is 0. The standard InChI is InChI=1S/C35H38O5S/c1-41-35-34(39-25-30-20-12-5-13-21-30)33(38-24-29-18-10-4-11-19-29)32(37-23-28-16-8-3-9-17-28)31(40-35)26-36-22-27-14-6-2-7-15-27/h2-21,31-35H,22-26H2,1H3/t31-,32-,33+,34+,35-/m1/s1. The summed E-state index contributed by atoms with van der Waals surface area (Å²) in [5.74, 6) is 0. The molecule has 4 aromatic carbocycles. The molecule has 0 spiro atoms. The van der Waals surface area contributed by atoms with Gasteiger partial charge in [0.2, 0.25) is 0 Å². The van der Waals surface area contributed by atoms with Gasteiger partial charge in [-0.15, -0.1) is 11.8 Å². The second-order valence-electron chi connectivity index (χ2n) is 10.1. The van der Waals surface area contributed by atoms with Crippen molar-refractivity contribution in [3.63, 3.8) is 0 Å². The number of ether oxygens (including phenoxy) is 5. The molecule has 214 valence electrons. The highest BCUT2D eigenvalue weighted by molar-refractivity contribution is 7.99. The zero-order valence-corrected chi connectivity index (χ0v) is 24.2. The van der Waals surface area contributed by atoms with Gasteiger partial charge < -0.3 is 23.7 Å². The first-order valence-corrected chi connectivity index (χ1v) is 15.4. The van der Waals surface area contributed by atoms with Gasteiger partial charge in [0.1, 0.15) is 29.9 Å². The Labute approximate surface area is 247 Å². The molecule has 1 fully saturated rings. The minimum Gasteiger partial charge on any atom is -0.374 e. The van der Waals surface area contributed by atoms with E-state index in [0.29, 0.717) is 33.0 Å². The molecule has 5 atom stereocenters. The fourth-order valence-electron chi connectivity index (χ4n) is 4.94. The van der Waals surface area contributed by atoms with E-state index in [4.69, 9.17) is 23.7 Å². The smallest absolute Gasteiger partial charge is 0.132 e. The zero-order chi connectivity index (χ0) is 28.1. The van der Waals surface area contributed by atoms with Crippen molar-refractivity contribution in [3.05, 3.63) is 144 Å². The van der Waals surface area contributed by atoms with Crippen LogP contribution in [0.25, 0.3) is 0 Å². The van der Waals surface area contributed by atoms with Crippen LogP contribution in [0.3, 0.4) is 0 Å². The summed E-state index contributed by atoms with van der Waals surface area (Å²) < 4.78 is 32.8. The van der Waals surface area contributed by atoms with Crippen molar-refractivity contribution in [1.29, 1.82) is 0 Å². The van der Waals surface area contributed by atoms with Crippen LogP contribution >= 0.6 is 11.8 Å². The maximum absolute atomic E-state index is 6.70. The lowest BCUT2D eigenvalue weighted by Gasteiger charge is -2.45. The highest BCUT2D eigenvalue weighted by Gasteiger charge is 2.48. The largest absolute Gasteiger partial charge is 0.374 e. The van der Waals surface area contributed by atoms with Crippen LogP contribution in [0.4, 0.5) is 0 Å². The molecule has 41 heavy (non-hydrogen) atoms. The van der Waals surface area contributed by atoms with Crippen molar-refractivity contribution in [3.8, 4) is 0 Å². The zero-order valence-electron chi connectivity index (χ0n) is 23.4. The lowest BCUT2D eigenvalue weighted by Crippen LogP contribution is -2.60. The van der Waals surface area contributed by atoms with Gasteiger partial charge in [-0.05, 0) is 28.5 Å². The van der Waals surface area contributed by atoms with E-state index >= 15 is 0 Å². The average molecular weight is 571 g/mol. The molecule has 0 aromatic heterocycles. The number of hydrogen-bond donors (Lipinski definition) is 0. The van der Waals surface area contributed by atoms with Gasteiger partial charge in [0.05, 0.1) is 33.0 Å². The van der Waals surface area contributed by atoms with Crippen molar-refractivity contribution in [2.75, 3.05) is 12.9 Å². The molecule has 0 radical (unpaired) electrons. The molecular weight excluding hydrogens is 532 g/mol. The van der Waals surface area contributed by atoms with E-state index in [-0.39, 0.29) is 23.7 Å². The molecule has 0 unspecified atom stereocenters. The van der Waals surface area contributed by atoms with Gasteiger partial charge in [-0.25, -0.2) is 0 Å². The van der Waals surface area contributed by atoms with Crippen molar-refractivity contribution in [2.24, 2.45) is 0 Å². The van der Waals surface area contributed by atoms with Crippen LogP contribution in [0, 0.1) is 0 Å². The average Bonchev–Trinajstić information content (AvgIpc) is 3.04. The van der Waals surface area contributed by atoms with E-state index < -0.39 is 6.10 Å². The summed E-state index contributed by atoms with van der Waals surface area (Å²) in [6.45, 7) is 2.21. The topological polar surface area (TPSA) is 46.2 Å². The van der Waals surface area contributed by atoms with Crippen LogP contribution in [0.15, 0.2) is 121 Å². The van der Waals surface area contributed by atoms with Crippen LogP contribution in [0.1, 0.15) is 22.3 Å². The first-order chi connectivity index (χ1) is 20.3. The Bertz CT molecular complexity index is 1260. The minimum atomic E-state index is -0.404.